The zero-order valence-corrected chi connectivity index (χ0v) is 12.0. The fraction of sp³-hybridized carbons (Fsp3) is 0.200. The molecule has 1 aromatic carbocycles. The van der Waals surface area contributed by atoms with Crippen molar-refractivity contribution in [2.24, 2.45) is 0 Å². The molecule has 0 unspecified atom stereocenters. The van der Waals surface area contributed by atoms with Gasteiger partial charge in [0.1, 0.15) is 11.6 Å². The van der Waals surface area contributed by atoms with Crippen molar-refractivity contribution in [3.05, 3.63) is 48.4 Å². The van der Waals surface area contributed by atoms with Gasteiger partial charge in [-0.15, -0.1) is 0 Å². The zero-order chi connectivity index (χ0) is 14.7. The van der Waals surface area contributed by atoms with Gasteiger partial charge in [0.2, 0.25) is 0 Å². The van der Waals surface area contributed by atoms with Crippen LogP contribution in [0.25, 0.3) is 5.65 Å². The van der Waals surface area contributed by atoms with E-state index in [-0.39, 0.29) is 0 Å². The van der Waals surface area contributed by atoms with Crippen molar-refractivity contribution in [3.63, 3.8) is 0 Å². The molecule has 2 aromatic heterocycles. The van der Waals surface area contributed by atoms with Gasteiger partial charge < -0.3 is 19.8 Å². The second-order valence-corrected chi connectivity index (χ2v) is 4.59. The summed E-state index contributed by atoms with van der Waals surface area (Å²) in [5.74, 6) is 2.38. The van der Waals surface area contributed by atoms with E-state index in [0.29, 0.717) is 6.54 Å². The van der Waals surface area contributed by atoms with E-state index in [9.17, 15) is 0 Å². The second-order valence-electron chi connectivity index (χ2n) is 4.59. The monoisotopic (exact) mass is 283 g/mol. The number of fused-ring (bicyclic) bond motifs is 1. The molecule has 0 amide bonds. The lowest BCUT2D eigenvalue weighted by Crippen LogP contribution is -2.06. The lowest BCUT2D eigenvalue weighted by molar-refractivity contribution is 0.414. The molecule has 2 N–H and O–H groups in total. The van der Waals surface area contributed by atoms with Gasteiger partial charge in [-0.2, -0.15) is 0 Å². The van der Waals surface area contributed by atoms with Gasteiger partial charge in [0.05, 0.1) is 13.3 Å². The van der Waals surface area contributed by atoms with Crippen LogP contribution in [0.1, 0.15) is 5.56 Å². The molecule has 0 saturated heterocycles. The maximum Gasteiger partial charge on any atom is 0.180 e. The van der Waals surface area contributed by atoms with Gasteiger partial charge >= 0.3 is 0 Å². The van der Waals surface area contributed by atoms with Crippen molar-refractivity contribution in [1.82, 2.24) is 14.4 Å². The van der Waals surface area contributed by atoms with E-state index in [2.05, 4.69) is 20.6 Å². The Kier molecular flexibility index (Phi) is 3.59. The van der Waals surface area contributed by atoms with Gasteiger partial charge in [-0.05, 0) is 17.7 Å². The van der Waals surface area contributed by atoms with Gasteiger partial charge in [0.15, 0.2) is 11.5 Å². The molecule has 0 radical (unpaired) electrons. The quantitative estimate of drug-likeness (QED) is 0.753. The molecular weight excluding hydrogens is 266 g/mol. The number of hydrogen-bond donors (Lipinski definition) is 2. The first kappa shape index (κ1) is 13.2. The lowest BCUT2D eigenvalue weighted by atomic mass is 10.2. The van der Waals surface area contributed by atoms with Crippen molar-refractivity contribution in [1.29, 1.82) is 0 Å². The van der Waals surface area contributed by atoms with E-state index in [1.165, 1.54) is 0 Å². The Morgan fingerprint density at radius 3 is 3.05 bits per heavy atom. The first-order chi connectivity index (χ1) is 10.3. The summed E-state index contributed by atoms with van der Waals surface area (Å²) in [6.45, 7) is 0.653. The normalized spacial score (nSPS) is 10.6. The van der Waals surface area contributed by atoms with Crippen molar-refractivity contribution in [2.75, 3.05) is 24.8 Å². The van der Waals surface area contributed by atoms with Crippen LogP contribution in [0.4, 0.5) is 11.6 Å². The minimum absolute atomic E-state index is 0.653. The van der Waals surface area contributed by atoms with Gasteiger partial charge in [0.25, 0.3) is 0 Å². The number of anilines is 2. The molecule has 2 heterocycles. The fourth-order valence-electron chi connectivity index (χ4n) is 2.14. The number of benzene rings is 1. The van der Waals surface area contributed by atoms with Crippen LogP contribution in [-0.4, -0.2) is 28.5 Å². The fourth-order valence-corrected chi connectivity index (χ4v) is 2.14. The summed E-state index contributed by atoms with van der Waals surface area (Å²) in [5.41, 5.74) is 1.92. The van der Waals surface area contributed by atoms with E-state index in [1.54, 1.807) is 13.3 Å². The first-order valence-electron chi connectivity index (χ1n) is 6.68. The highest BCUT2D eigenvalue weighted by atomic mass is 16.5. The lowest BCUT2D eigenvalue weighted by Gasteiger charge is -2.10. The molecule has 0 aliphatic carbocycles. The van der Waals surface area contributed by atoms with Crippen LogP contribution in [0.5, 0.6) is 5.75 Å². The van der Waals surface area contributed by atoms with Gasteiger partial charge in [-0.3, -0.25) is 0 Å². The molecule has 21 heavy (non-hydrogen) atoms. The topological polar surface area (TPSA) is 63.5 Å². The molecular formula is C15H17N5O. The van der Waals surface area contributed by atoms with E-state index >= 15 is 0 Å². The SMILES string of the molecule is CNc1cn2ccnc2c(NCc2cccc(OC)c2)n1. The molecule has 0 bridgehead atoms. The standard InChI is InChI=1S/C15H17N5O/c1-16-13-10-20-7-6-17-15(20)14(19-13)18-9-11-4-3-5-12(8-11)21-2/h3-8,10,16H,9H2,1-2H3,(H,18,19). The van der Waals surface area contributed by atoms with E-state index in [1.807, 2.05) is 48.1 Å². The van der Waals surface area contributed by atoms with E-state index < -0.39 is 0 Å². The van der Waals surface area contributed by atoms with Crippen molar-refractivity contribution in [3.8, 4) is 5.75 Å². The summed E-state index contributed by atoms with van der Waals surface area (Å²) < 4.78 is 7.17. The number of nitrogens with one attached hydrogen (secondary N) is 2. The van der Waals surface area contributed by atoms with Crippen LogP contribution in [0.2, 0.25) is 0 Å². The third-order valence-electron chi connectivity index (χ3n) is 3.22. The Bertz CT molecular complexity index is 753. The molecule has 3 rings (SSSR count). The van der Waals surface area contributed by atoms with Crippen LogP contribution >= 0.6 is 0 Å². The molecule has 0 saturated carbocycles. The van der Waals surface area contributed by atoms with Crippen molar-refractivity contribution < 1.29 is 4.74 Å². The Morgan fingerprint density at radius 1 is 1.33 bits per heavy atom. The van der Waals surface area contributed by atoms with Crippen LogP contribution in [0.3, 0.4) is 0 Å². The number of hydrogen-bond acceptors (Lipinski definition) is 5. The third-order valence-corrected chi connectivity index (χ3v) is 3.22. The highest BCUT2D eigenvalue weighted by molar-refractivity contribution is 5.65. The Labute approximate surface area is 122 Å². The number of ether oxygens (including phenoxy) is 1. The summed E-state index contributed by atoms with van der Waals surface area (Å²) in [6, 6.07) is 7.94. The van der Waals surface area contributed by atoms with Crippen LogP contribution in [0, 0.1) is 0 Å². The Morgan fingerprint density at radius 2 is 2.24 bits per heavy atom. The first-order valence-corrected chi connectivity index (χ1v) is 6.68. The number of aromatic nitrogens is 3. The smallest absolute Gasteiger partial charge is 0.180 e. The van der Waals surface area contributed by atoms with Gasteiger partial charge in [0, 0.05) is 26.0 Å². The minimum atomic E-state index is 0.653. The number of rotatable bonds is 5. The van der Waals surface area contributed by atoms with Gasteiger partial charge in [-0.1, -0.05) is 12.1 Å². The maximum atomic E-state index is 5.23. The molecule has 6 nitrogen and oxygen atoms in total. The van der Waals surface area contributed by atoms with Crippen LogP contribution in [0.15, 0.2) is 42.9 Å². The van der Waals surface area contributed by atoms with Crippen LogP contribution < -0.4 is 15.4 Å². The predicted octanol–water partition coefficient (Wildman–Crippen LogP) is 2.39. The van der Waals surface area contributed by atoms with Crippen molar-refractivity contribution in [2.45, 2.75) is 6.54 Å². The largest absolute Gasteiger partial charge is 0.497 e. The highest BCUT2D eigenvalue weighted by Gasteiger charge is 2.06. The van der Waals surface area contributed by atoms with E-state index in [0.717, 1.165) is 28.6 Å². The zero-order valence-electron chi connectivity index (χ0n) is 12.0. The molecule has 3 aromatic rings. The predicted molar refractivity (Wildman–Crippen MR) is 82.9 cm³/mol. The molecule has 0 fully saturated rings. The minimum Gasteiger partial charge on any atom is -0.497 e. The molecule has 0 aliphatic rings. The Balaban J connectivity index is 1.85. The number of methoxy groups -OCH3 is 1. The van der Waals surface area contributed by atoms with Crippen molar-refractivity contribution >= 4 is 17.3 Å². The molecule has 0 aliphatic heterocycles. The molecule has 6 heteroatoms. The summed E-state index contributed by atoms with van der Waals surface area (Å²) in [6.07, 6.45) is 5.56. The molecule has 0 atom stereocenters. The number of nitrogens with zero attached hydrogens (tertiary/aromatic N) is 3. The second kappa shape index (κ2) is 5.70. The van der Waals surface area contributed by atoms with Gasteiger partial charge in [-0.25, -0.2) is 9.97 Å². The van der Waals surface area contributed by atoms with E-state index in [4.69, 9.17) is 4.74 Å². The molecule has 108 valence electrons. The average Bonchev–Trinajstić information content (AvgIpc) is 3.01. The highest BCUT2D eigenvalue weighted by Crippen LogP contribution is 2.18. The third kappa shape index (κ3) is 2.74. The summed E-state index contributed by atoms with van der Waals surface area (Å²) >= 11 is 0. The maximum absolute atomic E-state index is 5.23. The average molecular weight is 283 g/mol. The number of imidazole rings is 1. The van der Waals surface area contributed by atoms with Crippen LogP contribution in [-0.2, 0) is 6.54 Å². The summed E-state index contributed by atoms with van der Waals surface area (Å²) in [4.78, 5) is 8.84. The Hall–Kier alpha value is -2.76. The summed E-state index contributed by atoms with van der Waals surface area (Å²) in [7, 11) is 3.51. The molecule has 0 spiro atoms. The summed E-state index contributed by atoms with van der Waals surface area (Å²) in [5, 5.41) is 6.37.